The minimum atomic E-state index is -0.747. The molecule has 0 radical (unpaired) electrons. The van der Waals surface area contributed by atoms with Crippen LogP contribution in [-0.2, 0) is 0 Å². The highest BCUT2D eigenvalue weighted by Gasteiger charge is 2.03. The summed E-state index contributed by atoms with van der Waals surface area (Å²) < 4.78 is 0. The molecule has 68 valence electrons. The molecule has 0 atom stereocenters. The second-order valence-corrected chi connectivity index (χ2v) is 2.57. The number of nitrogens with two attached hydrogens (primary N) is 1. The zero-order valence-corrected chi connectivity index (χ0v) is 7.21. The number of halogens is 1. The third-order valence-corrected chi connectivity index (χ3v) is 1.36. The van der Waals surface area contributed by atoms with Gasteiger partial charge >= 0.3 is 5.37 Å². The highest BCUT2D eigenvalue weighted by molar-refractivity contribution is 6.65. The number of aromatic nitrogens is 1. The summed E-state index contributed by atoms with van der Waals surface area (Å²) >= 11 is 5.05. The van der Waals surface area contributed by atoms with E-state index in [1.54, 1.807) is 0 Å². The normalized spacial score (nSPS) is 9.31. The fraction of sp³-hybridized carbons (Fsp3) is 0. The van der Waals surface area contributed by atoms with Gasteiger partial charge < -0.3 is 11.1 Å². The monoisotopic (exact) mass is 199 g/mol. The molecule has 0 saturated carbocycles. The molecule has 2 amide bonds. The summed E-state index contributed by atoms with van der Waals surface area (Å²) in [6.45, 7) is 0. The summed E-state index contributed by atoms with van der Waals surface area (Å²) in [5.74, 6) is -0.613. The van der Waals surface area contributed by atoms with E-state index in [4.69, 9.17) is 17.3 Å². The smallest absolute Gasteiger partial charge is 0.318 e. The van der Waals surface area contributed by atoms with Gasteiger partial charge in [0, 0.05) is 6.20 Å². The molecule has 13 heavy (non-hydrogen) atoms. The molecule has 0 spiro atoms. The van der Waals surface area contributed by atoms with E-state index < -0.39 is 11.3 Å². The summed E-state index contributed by atoms with van der Waals surface area (Å²) in [5, 5.41) is 1.51. The number of primary amides is 1. The Morgan fingerprint density at radius 1 is 1.46 bits per heavy atom. The standard InChI is InChI=1S/C7H6ClN3O2/c8-7(13)11-5-1-4(6(9)12)2-10-3-5/h1-3H,(H2,9,12)(H,11,13). The second kappa shape index (κ2) is 3.86. The number of carbonyl (C=O) groups excluding carboxylic acids is 2. The van der Waals surface area contributed by atoms with Crippen LogP contribution in [0.3, 0.4) is 0 Å². The van der Waals surface area contributed by atoms with E-state index in [0.29, 0.717) is 5.69 Å². The van der Waals surface area contributed by atoms with Gasteiger partial charge in [0.2, 0.25) is 5.91 Å². The molecule has 0 aromatic carbocycles. The number of hydrogen-bond donors (Lipinski definition) is 2. The molecule has 1 rings (SSSR count). The second-order valence-electron chi connectivity index (χ2n) is 2.23. The van der Waals surface area contributed by atoms with Crippen LogP contribution in [0.4, 0.5) is 10.5 Å². The van der Waals surface area contributed by atoms with Crippen molar-refractivity contribution < 1.29 is 9.59 Å². The van der Waals surface area contributed by atoms with Gasteiger partial charge in [-0.05, 0) is 17.7 Å². The van der Waals surface area contributed by atoms with E-state index in [1.807, 2.05) is 0 Å². The first-order valence-electron chi connectivity index (χ1n) is 3.31. The van der Waals surface area contributed by atoms with Crippen LogP contribution in [0.15, 0.2) is 18.5 Å². The first-order chi connectivity index (χ1) is 6.09. The van der Waals surface area contributed by atoms with Crippen LogP contribution in [0.25, 0.3) is 0 Å². The molecule has 0 aliphatic carbocycles. The van der Waals surface area contributed by atoms with Gasteiger partial charge in [-0.15, -0.1) is 0 Å². The van der Waals surface area contributed by atoms with Crippen molar-refractivity contribution in [1.82, 2.24) is 4.98 Å². The predicted molar refractivity (Wildman–Crippen MR) is 47.6 cm³/mol. The fourth-order valence-corrected chi connectivity index (χ4v) is 0.866. The van der Waals surface area contributed by atoms with Crippen LogP contribution in [0.5, 0.6) is 0 Å². The Labute approximate surface area is 78.9 Å². The van der Waals surface area contributed by atoms with E-state index in [0.717, 1.165) is 0 Å². The van der Waals surface area contributed by atoms with Crippen LogP contribution < -0.4 is 11.1 Å². The lowest BCUT2D eigenvalue weighted by molar-refractivity contribution is 0.1000. The first-order valence-corrected chi connectivity index (χ1v) is 3.68. The number of carbonyl (C=O) groups is 2. The molecule has 0 bridgehead atoms. The number of amides is 2. The van der Waals surface area contributed by atoms with Crippen LogP contribution in [0, 0.1) is 0 Å². The molecular weight excluding hydrogens is 194 g/mol. The Morgan fingerprint density at radius 3 is 2.69 bits per heavy atom. The average molecular weight is 200 g/mol. The summed E-state index contributed by atoms with van der Waals surface area (Å²) in [6.07, 6.45) is 2.65. The van der Waals surface area contributed by atoms with Crippen molar-refractivity contribution in [3.05, 3.63) is 24.0 Å². The average Bonchev–Trinajstić information content (AvgIpc) is 2.03. The number of pyridine rings is 1. The van der Waals surface area contributed by atoms with E-state index in [2.05, 4.69) is 10.3 Å². The van der Waals surface area contributed by atoms with Gasteiger partial charge in [-0.25, -0.2) is 0 Å². The van der Waals surface area contributed by atoms with Crippen molar-refractivity contribution in [3.63, 3.8) is 0 Å². The third-order valence-electron chi connectivity index (χ3n) is 1.27. The molecule has 1 heterocycles. The molecular formula is C7H6ClN3O2. The molecule has 5 nitrogen and oxygen atoms in total. The Kier molecular flexibility index (Phi) is 2.81. The molecule has 6 heteroatoms. The molecule has 0 saturated heterocycles. The number of nitrogens with zero attached hydrogens (tertiary/aromatic N) is 1. The van der Waals surface area contributed by atoms with E-state index in [9.17, 15) is 9.59 Å². The zero-order valence-electron chi connectivity index (χ0n) is 6.45. The molecule has 1 aromatic rings. The Hall–Kier alpha value is -1.62. The molecule has 3 N–H and O–H groups in total. The maximum atomic E-state index is 10.7. The van der Waals surface area contributed by atoms with E-state index in [-0.39, 0.29) is 5.56 Å². The summed E-state index contributed by atoms with van der Waals surface area (Å²) in [4.78, 5) is 24.8. The Balaban J connectivity index is 2.91. The summed E-state index contributed by atoms with van der Waals surface area (Å²) in [6, 6.07) is 1.38. The highest BCUT2D eigenvalue weighted by atomic mass is 35.5. The van der Waals surface area contributed by atoms with Crippen molar-refractivity contribution in [2.75, 3.05) is 5.32 Å². The van der Waals surface area contributed by atoms with Gasteiger partial charge in [-0.3, -0.25) is 14.6 Å². The summed E-state index contributed by atoms with van der Waals surface area (Å²) in [5.41, 5.74) is 5.53. The van der Waals surface area contributed by atoms with Gasteiger partial charge in [0.25, 0.3) is 0 Å². The van der Waals surface area contributed by atoms with Gasteiger partial charge in [0.05, 0.1) is 17.4 Å². The van der Waals surface area contributed by atoms with Crippen LogP contribution in [-0.4, -0.2) is 16.3 Å². The van der Waals surface area contributed by atoms with Crippen molar-refractivity contribution in [2.24, 2.45) is 5.73 Å². The van der Waals surface area contributed by atoms with E-state index >= 15 is 0 Å². The van der Waals surface area contributed by atoms with Gasteiger partial charge in [-0.1, -0.05) is 0 Å². The minimum Gasteiger partial charge on any atom is -0.366 e. The molecule has 1 aromatic heterocycles. The molecule has 0 aliphatic rings. The first kappa shape index (κ1) is 9.47. The molecule has 0 fully saturated rings. The number of anilines is 1. The Morgan fingerprint density at radius 2 is 2.15 bits per heavy atom. The molecule has 0 aliphatic heterocycles. The van der Waals surface area contributed by atoms with Crippen LogP contribution in [0.2, 0.25) is 0 Å². The van der Waals surface area contributed by atoms with Crippen LogP contribution >= 0.6 is 11.6 Å². The lowest BCUT2D eigenvalue weighted by Gasteiger charge is -2.00. The molecule has 0 unspecified atom stereocenters. The zero-order chi connectivity index (χ0) is 9.84. The van der Waals surface area contributed by atoms with Crippen molar-refractivity contribution in [3.8, 4) is 0 Å². The number of nitrogens with one attached hydrogen (secondary N) is 1. The number of hydrogen-bond acceptors (Lipinski definition) is 3. The van der Waals surface area contributed by atoms with Crippen molar-refractivity contribution >= 4 is 28.6 Å². The van der Waals surface area contributed by atoms with Crippen molar-refractivity contribution in [1.29, 1.82) is 0 Å². The minimum absolute atomic E-state index is 0.211. The lowest BCUT2D eigenvalue weighted by Crippen LogP contribution is -2.12. The Bertz CT molecular complexity index is 353. The quantitative estimate of drug-likeness (QED) is 0.549. The third kappa shape index (κ3) is 2.72. The largest absolute Gasteiger partial charge is 0.366 e. The maximum Gasteiger partial charge on any atom is 0.318 e. The van der Waals surface area contributed by atoms with Gasteiger partial charge in [0.15, 0.2) is 0 Å². The fourth-order valence-electron chi connectivity index (χ4n) is 0.757. The van der Waals surface area contributed by atoms with E-state index in [1.165, 1.54) is 18.5 Å². The van der Waals surface area contributed by atoms with Crippen molar-refractivity contribution in [2.45, 2.75) is 0 Å². The van der Waals surface area contributed by atoms with Gasteiger partial charge in [0.1, 0.15) is 0 Å². The lowest BCUT2D eigenvalue weighted by atomic mass is 10.2. The van der Waals surface area contributed by atoms with Crippen LogP contribution in [0.1, 0.15) is 10.4 Å². The maximum absolute atomic E-state index is 10.7. The number of rotatable bonds is 2. The SMILES string of the molecule is NC(=O)c1cncc(NC(=O)Cl)c1. The highest BCUT2D eigenvalue weighted by Crippen LogP contribution is 2.08. The topological polar surface area (TPSA) is 85.1 Å². The predicted octanol–water partition coefficient (Wildman–Crippen LogP) is 0.951. The van der Waals surface area contributed by atoms with Gasteiger partial charge in [-0.2, -0.15) is 0 Å². The summed E-state index contributed by atoms with van der Waals surface area (Å²) in [7, 11) is 0.